The number of rotatable bonds is 2. The Bertz CT molecular complexity index is 368. The Hall–Kier alpha value is -0.780. The predicted molar refractivity (Wildman–Crippen MR) is 58.4 cm³/mol. The normalized spacial score (nSPS) is 14.4. The maximum absolute atomic E-state index is 9.15. The molecule has 0 unspecified atom stereocenters. The summed E-state index contributed by atoms with van der Waals surface area (Å²) in [5.41, 5.74) is 0.969. The van der Waals surface area contributed by atoms with Gasteiger partial charge in [-0.15, -0.1) is 0 Å². The fourth-order valence-electron chi connectivity index (χ4n) is 1.52. The maximum atomic E-state index is 9.15. The lowest BCUT2D eigenvalue weighted by Crippen LogP contribution is -2.17. The molecule has 0 aromatic heterocycles. The van der Waals surface area contributed by atoms with E-state index in [1.165, 1.54) is 0 Å². The molecule has 5 heteroatoms. The Morgan fingerprint density at radius 2 is 2.13 bits per heavy atom. The number of nitrogens with zero attached hydrogens (tertiary/aromatic N) is 1. The van der Waals surface area contributed by atoms with E-state index in [1.807, 2.05) is 12.1 Å². The fourth-order valence-corrected chi connectivity index (χ4v) is 2.12. The number of hydrogen-bond donors (Lipinski definition) is 1. The highest BCUT2D eigenvalue weighted by molar-refractivity contribution is 9.10. The van der Waals surface area contributed by atoms with Gasteiger partial charge in [0.05, 0.1) is 4.47 Å². The molecule has 1 aromatic carbocycles. The van der Waals surface area contributed by atoms with Gasteiger partial charge in [-0.25, -0.2) is 0 Å². The first kappa shape index (κ1) is 10.7. The summed E-state index contributed by atoms with van der Waals surface area (Å²) in [6.45, 7) is 1.60. The number of benzene rings is 1. The molecule has 0 saturated carbocycles. The molecule has 4 nitrogen and oxygen atoms in total. The van der Waals surface area contributed by atoms with Gasteiger partial charge in [0.1, 0.15) is 13.2 Å². The molecule has 0 aliphatic carbocycles. The average molecular weight is 274 g/mol. The number of ether oxygens (including phenoxy) is 2. The maximum Gasteiger partial charge on any atom is 0.175 e. The van der Waals surface area contributed by atoms with Gasteiger partial charge in [0.15, 0.2) is 11.5 Å². The molecule has 0 atom stereocenters. The second kappa shape index (κ2) is 4.38. The Morgan fingerprint density at radius 1 is 1.40 bits per heavy atom. The minimum absolute atomic E-state index is 0.454. The largest absolute Gasteiger partial charge is 0.486 e. The van der Waals surface area contributed by atoms with E-state index in [-0.39, 0.29) is 0 Å². The van der Waals surface area contributed by atoms with Crippen molar-refractivity contribution >= 4 is 15.9 Å². The van der Waals surface area contributed by atoms with E-state index in [1.54, 1.807) is 7.05 Å². The van der Waals surface area contributed by atoms with Crippen LogP contribution in [0.2, 0.25) is 0 Å². The van der Waals surface area contributed by atoms with Crippen molar-refractivity contribution in [1.82, 2.24) is 5.06 Å². The van der Waals surface area contributed by atoms with Gasteiger partial charge >= 0.3 is 0 Å². The molecule has 0 spiro atoms. The first-order chi connectivity index (χ1) is 7.16. The standard InChI is InChI=1S/C10H12BrNO3/c1-12(13)6-7-4-8(11)10-9(5-7)14-2-3-15-10/h4-5,13H,2-3,6H2,1H3. The van der Waals surface area contributed by atoms with E-state index in [0.29, 0.717) is 19.8 Å². The Labute approximate surface area is 96.5 Å². The topological polar surface area (TPSA) is 41.9 Å². The SMILES string of the molecule is CN(O)Cc1cc(Br)c2c(c1)OCCO2. The van der Waals surface area contributed by atoms with Crippen molar-refractivity contribution in [1.29, 1.82) is 0 Å². The Morgan fingerprint density at radius 3 is 2.87 bits per heavy atom. The smallest absolute Gasteiger partial charge is 0.175 e. The molecule has 0 saturated heterocycles. The molecule has 0 radical (unpaired) electrons. The first-order valence-electron chi connectivity index (χ1n) is 4.65. The van der Waals surface area contributed by atoms with Crippen LogP contribution in [0.1, 0.15) is 5.56 Å². The molecule has 0 amide bonds. The lowest BCUT2D eigenvalue weighted by atomic mass is 10.2. The molecule has 1 N–H and O–H groups in total. The fraction of sp³-hybridized carbons (Fsp3) is 0.400. The van der Waals surface area contributed by atoms with Crippen molar-refractivity contribution in [3.05, 3.63) is 22.2 Å². The Kier molecular flexibility index (Phi) is 3.14. The monoisotopic (exact) mass is 273 g/mol. The molecule has 1 aliphatic rings. The van der Waals surface area contributed by atoms with E-state index in [9.17, 15) is 0 Å². The van der Waals surface area contributed by atoms with Gasteiger partial charge in [0.25, 0.3) is 0 Å². The first-order valence-corrected chi connectivity index (χ1v) is 5.44. The van der Waals surface area contributed by atoms with E-state index in [2.05, 4.69) is 15.9 Å². The van der Waals surface area contributed by atoms with Crippen molar-refractivity contribution in [2.24, 2.45) is 0 Å². The van der Waals surface area contributed by atoms with Crippen LogP contribution in [0, 0.1) is 0 Å². The van der Waals surface area contributed by atoms with Gasteiger partial charge in [-0.05, 0) is 33.6 Å². The zero-order valence-electron chi connectivity index (χ0n) is 8.36. The molecular formula is C10H12BrNO3. The molecule has 15 heavy (non-hydrogen) atoms. The lowest BCUT2D eigenvalue weighted by Gasteiger charge is -2.21. The van der Waals surface area contributed by atoms with Gasteiger partial charge in [0, 0.05) is 13.6 Å². The summed E-state index contributed by atoms with van der Waals surface area (Å²) < 4.78 is 11.8. The minimum Gasteiger partial charge on any atom is -0.486 e. The number of hydrogen-bond acceptors (Lipinski definition) is 4. The summed E-state index contributed by atoms with van der Waals surface area (Å²) in [5, 5.41) is 10.3. The molecule has 1 heterocycles. The number of halogens is 1. The van der Waals surface area contributed by atoms with Crippen LogP contribution in [0.25, 0.3) is 0 Å². The third-order valence-corrected chi connectivity index (χ3v) is 2.66. The summed E-state index contributed by atoms with van der Waals surface area (Å²) in [6.07, 6.45) is 0. The van der Waals surface area contributed by atoms with E-state index in [4.69, 9.17) is 14.7 Å². The zero-order chi connectivity index (χ0) is 10.8. The second-order valence-corrected chi connectivity index (χ2v) is 4.27. The summed E-state index contributed by atoms with van der Waals surface area (Å²) in [7, 11) is 1.60. The summed E-state index contributed by atoms with van der Waals surface area (Å²) >= 11 is 3.42. The Balaban J connectivity index is 2.32. The van der Waals surface area contributed by atoms with Crippen LogP contribution < -0.4 is 9.47 Å². The molecule has 82 valence electrons. The van der Waals surface area contributed by atoms with E-state index >= 15 is 0 Å². The summed E-state index contributed by atoms with van der Waals surface area (Å²) in [4.78, 5) is 0. The van der Waals surface area contributed by atoms with Crippen LogP contribution in [0.15, 0.2) is 16.6 Å². The molecule has 0 bridgehead atoms. The predicted octanol–water partition coefficient (Wildman–Crippen LogP) is 2.04. The van der Waals surface area contributed by atoms with Crippen LogP contribution >= 0.6 is 15.9 Å². The van der Waals surface area contributed by atoms with Crippen LogP contribution in [0.4, 0.5) is 0 Å². The van der Waals surface area contributed by atoms with E-state index in [0.717, 1.165) is 26.6 Å². The van der Waals surface area contributed by atoms with Gasteiger partial charge in [-0.3, -0.25) is 0 Å². The highest BCUT2D eigenvalue weighted by Gasteiger charge is 2.16. The van der Waals surface area contributed by atoms with Crippen molar-refractivity contribution < 1.29 is 14.7 Å². The second-order valence-electron chi connectivity index (χ2n) is 3.42. The van der Waals surface area contributed by atoms with Crippen LogP contribution in [-0.2, 0) is 6.54 Å². The van der Waals surface area contributed by atoms with Crippen LogP contribution in [0.3, 0.4) is 0 Å². The molecule has 2 rings (SSSR count). The van der Waals surface area contributed by atoms with Crippen LogP contribution in [-0.4, -0.2) is 30.5 Å². The molecular weight excluding hydrogens is 262 g/mol. The minimum atomic E-state index is 0.454. The molecule has 1 aliphatic heterocycles. The molecule has 0 fully saturated rings. The average Bonchev–Trinajstić information content (AvgIpc) is 2.16. The number of hydroxylamine groups is 2. The van der Waals surface area contributed by atoms with Crippen molar-refractivity contribution in [3.63, 3.8) is 0 Å². The summed E-state index contributed by atoms with van der Waals surface area (Å²) in [6, 6.07) is 3.80. The third kappa shape index (κ3) is 2.42. The third-order valence-electron chi connectivity index (χ3n) is 2.07. The van der Waals surface area contributed by atoms with Gasteiger partial charge in [0.2, 0.25) is 0 Å². The van der Waals surface area contributed by atoms with E-state index < -0.39 is 0 Å². The van der Waals surface area contributed by atoms with Gasteiger partial charge in [-0.2, -0.15) is 5.06 Å². The van der Waals surface area contributed by atoms with Crippen molar-refractivity contribution in [3.8, 4) is 11.5 Å². The van der Waals surface area contributed by atoms with Gasteiger partial charge < -0.3 is 14.7 Å². The zero-order valence-corrected chi connectivity index (χ0v) is 9.95. The van der Waals surface area contributed by atoms with Crippen molar-refractivity contribution in [2.45, 2.75) is 6.54 Å². The van der Waals surface area contributed by atoms with Crippen molar-refractivity contribution in [2.75, 3.05) is 20.3 Å². The highest BCUT2D eigenvalue weighted by Crippen LogP contribution is 2.38. The quantitative estimate of drug-likeness (QED) is 0.838. The lowest BCUT2D eigenvalue weighted by molar-refractivity contribution is -0.0732. The number of fused-ring (bicyclic) bond motifs is 1. The van der Waals surface area contributed by atoms with Gasteiger partial charge in [-0.1, -0.05) is 0 Å². The molecule has 1 aromatic rings. The highest BCUT2D eigenvalue weighted by atomic mass is 79.9. The summed E-state index contributed by atoms with van der Waals surface area (Å²) in [5.74, 6) is 1.47. The van der Waals surface area contributed by atoms with Crippen LogP contribution in [0.5, 0.6) is 11.5 Å².